The summed E-state index contributed by atoms with van der Waals surface area (Å²) in [4.78, 5) is 15.9. The van der Waals surface area contributed by atoms with Gasteiger partial charge >= 0.3 is 5.97 Å². The van der Waals surface area contributed by atoms with Crippen molar-refractivity contribution < 1.29 is 18.3 Å². The van der Waals surface area contributed by atoms with Crippen molar-refractivity contribution in [3.63, 3.8) is 0 Å². The van der Waals surface area contributed by atoms with E-state index in [1.165, 1.54) is 19.2 Å². The first-order valence-corrected chi connectivity index (χ1v) is 10.1. The van der Waals surface area contributed by atoms with Crippen LogP contribution in [0.15, 0.2) is 39.2 Å². The van der Waals surface area contributed by atoms with E-state index in [9.17, 15) is 9.18 Å². The molecule has 1 aliphatic rings. The quantitative estimate of drug-likeness (QED) is 0.538. The van der Waals surface area contributed by atoms with Crippen molar-refractivity contribution in [2.45, 2.75) is 13.0 Å². The number of benzene rings is 1. The SMILES string of the molecule is COC(=O)c1ccc(CN2CCCN(C(=S)Nc3ccc(F)cc3Br)CC2)o1. The summed E-state index contributed by atoms with van der Waals surface area (Å²) >= 11 is 8.88. The molecule has 0 radical (unpaired) electrons. The van der Waals surface area contributed by atoms with Gasteiger partial charge in [0.15, 0.2) is 5.11 Å². The molecule has 0 unspecified atom stereocenters. The van der Waals surface area contributed by atoms with E-state index in [1.807, 2.05) is 0 Å². The highest BCUT2D eigenvalue weighted by Gasteiger charge is 2.19. The maximum Gasteiger partial charge on any atom is 0.373 e. The van der Waals surface area contributed by atoms with Gasteiger partial charge in [0, 0.05) is 30.7 Å². The lowest BCUT2D eigenvalue weighted by Gasteiger charge is -2.25. The first-order valence-electron chi connectivity index (χ1n) is 8.86. The first-order chi connectivity index (χ1) is 13.5. The van der Waals surface area contributed by atoms with E-state index >= 15 is 0 Å². The Hall–Kier alpha value is -1.97. The van der Waals surface area contributed by atoms with E-state index in [0.717, 1.165) is 44.0 Å². The van der Waals surface area contributed by atoms with Gasteiger partial charge in [-0.3, -0.25) is 4.90 Å². The van der Waals surface area contributed by atoms with Crippen LogP contribution in [0, 0.1) is 5.82 Å². The molecular formula is C19H21BrFN3O3S. The molecule has 6 nitrogen and oxygen atoms in total. The van der Waals surface area contributed by atoms with Crippen LogP contribution in [0.5, 0.6) is 0 Å². The van der Waals surface area contributed by atoms with Crippen molar-refractivity contribution in [2.75, 3.05) is 38.6 Å². The Kier molecular flexibility index (Phi) is 7.03. The molecule has 1 saturated heterocycles. The number of halogens is 2. The van der Waals surface area contributed by atoms with E-state index in [2.05, 4.69) is 35.8 Å². The number of hydrogen-bond donors (Lipinski definition) is 1. The van der Waals surface area contributed by atoms with Crippen molar-refractivity contribution in [2.24, 2.45) is 0 Å². The van der Waals surface area contributed by atoms with Crippen molar-refractivity contribution >= 4 is 44.9 Å². The minimum absolute atomic E-state index is 0.212. The lowest BCUT2D eigenvalue weighted by atomic mass is 10.3. The number of carbonyl (C=O) groups is 1. The Morgan fingerprint density at radius 2 is 2.11 bits per heavy atom. The highest BCUT2D eigenvalue weighted by molar-refractivity contribution is 9.10. The molecule has 1 aromatic heterocycles. The van der Waals surface area contributed by atoms with Crippen LogP contribution < -0.4 is 5.32 Å². The van der Waals surface area contributed by atoms with Crippen molar-refractivity contribution in [1.82, 2.24) is 9.80 Å². The van der Waals surface area contributed by atoms with Gasteiger partial charge in [0.2, 0.25) is 5.76 Å². The summed E-state index contributed by atoms with van der Waals surface area (Å²) in [5, 5.41) is 3.79. The fraction of sp³-hybridized carbons (Fsp3) is 0.368. The minimum atomic E-state index is -0.475. The number of ether oxygens (including phenoxy) is 1. The second kappa shape index (κ2) is 9.49. The number of rotatable bonds is 4. The van der Waals surface area contributed by atoms with Gasteiger partial charge in [-0.25, -0.2) is 9.18 Å². The van der Waals surface area contributed by atoms with Crippen molar-refractivity contribution in [3.05, 3.63) is 52.1 Å². The zero-order chi connectivity index (χ0) is 20.1. The van der Waals surface area contributed by atoms with Crippen LogP contribution in [0.4, 0.5) is 10.1 Å². The minimum Gasteiger partial charge on any atom is -0.463 e. The monoisotopic (exact) mass is 469 g/mol. The van der Waals surface area contributed by atoms with Gasteiger partial charge in [-0.15, -0.1) is 0 Å². The smallest absolute Gasteiger partial charge is 0.373 e. The van der Waals surface area contributed by atoms with Gasteiger partial charge in [-0.1, -0.05) is 0 Å². The number of thiocarbonyl (C=S) groups is 1. The molecule has 0 saturated carbocycles. The Morgan fingerprint density at radius 1 is 1.29 bits per heavy atom. The van der Waals surface area contributed by atoms with Gasteiger partial charge in [0.1, 0.15) is 11.6 Å². The third-order valence-corrected chi connectivity index (χ3v) is 5.49. The molecule has 0 aliphatic carbocycles. The zero-order valence-electron chi connectivity index (χ0n) is 15.4. The highest BCUT2D eigenvalue weighted by atomic mass is 79.9. The Morgan fingerprint density at radius 3 is 2.86 bits per heavy atom. The summed E-state index contributed by atoms with van der Waals surface area (Å²) in [6.07, 6.45) is 0.941. The van der Waals surface area contributed by atoms with Crippen molar-refractivity contribution in [3.8, 4) is 0 Å². The molecule has 9 heteroatoms. The summed E-state index contributed by atoms with van der Waals surface area (Å²) in [7, 11) is 1.33. The number of nitrogens with one attached hydrogen (secondary N) is 1. The molecule has 0 bridgehead atoms. The molecular weight excluding hydrogens is 449 g/mol. The molecule has 2 heterocycles. The second-order valence-electron chi connectivity index (χ2n) is 6.43. The fourth-order valence-electron chi connectivity index (χ4n) is 3.01. The zero-order valence-corrected chi connectivity index (χ0v) is 17.8. The average molecular weight is 470 g/mol. The van der Waals surface area contributed by atoms with E-state index < -0.39 is 5.97 Å². The number of anilines is 1. The van der Waals surface area contributed by atoms with E-state index in [4.69, 9.17) is 16.6 Å². The van der Waals surface area contributed by atoms with E-state index in [0.29, 0.717) is 16.1 Å². The Labute approximate surface area is 176 Å². The number of nitrogens with zero attached hydrogens (tertiary/aromatic N) is 2. The lowest BCUT2D eigenvalue weighted by Crippen LogP contribution is -2.37. The number of methoxy groups -OCH3 is 1. The molecule has 1 fully saturated rings. The maximum absolute atomic E-state index is 13.2. The van der Waals surface area contributed by atoms with Crippen LogP contribution in [0.2, 0.25) is 0 Å². The third kappa shape index (κ3) is 5.30. The largest absolute Gasteiger partial charge is 0.463 e. The van der Waals surface area contributed by atoms with Crippen LogP contribution in [-0.2, 0) is 11.3 Å². The van der Waals surface area contributed by atoms with Crippen LogP contribution in [0.25, 0.3) is 0 Å². The predicted octanol–water partition coefficient (Wildman–Crippen LogP) is 3.87. The number of carbonyl (C=O) groups excluding carboxylic acids is 1. The third-order valence-electron chi connectivity index (χ3n) is 4.48. The average Bonchev–Trinajstić information content (AvgIpc) is 3.01. The first kappa shape index (κ1) is 20.8. The molecule has 150 valence electrons. The standard InChI is InChI=1S/C19H21BrFN3O3S/c1-26-18(25)17-6-4-14(27-17)12-23-7-2-8-24(10-9-23)19(28)22-16-5-3-13(21)11-15(16)20/h3-6,11H,2,7-10,12H2,1H3,(H,22,28). The molecule has 2 aromatic rings. The maximum atomic E-state index is 13.2. The molecule has 1 N–H and O–H groups in total. The number of furan rings is 1. The van der Waals surface area contributed by atoms with Gasteiger partial charge in [-0.2, -0.15) is 0 Å². The molecule has 28 heavy (non-hydrogen) atoms. The lowest BCUT2D eigenvalue weighted by molar-refractivity contribution is 0.0561. The molecule has 1 aromatic carbocycles. The predicted molar refractivity (Wildman–Crippen MR) is 112 cm³/mol. The molecule has 0 amide bonds. The summed E-state index contributed by atoms with van der Waals surface area (Å²) in [6, 6.07) is 7.89. The molecule has 1 aliphatic heterocycles. The van der Waals surface area contributed by atoms with Gasteiger partial charge in [-0.05, 0) is 64.9 Å². The van der Waals surface area contributed by atoms with Crippen molar-refractivity contribution in [1.29, 1.82) is 0 Å². The number of esters is 1. The summed E-state index contributed by atoms with van der Waals surface area (Å²) < 4.78 is 24.1. The van der Waals surface area contributed by atoms with E-state index in [1.54, 1.807) is 18.2 Å². The summed E-state index contributed by atoms with van der Waals surface area (Å²) in [6.45, 7) is 3.91. The van der Waals surface area contributed by atoms with Crippen LogP contribution in [0.3, 0.4) is 0 Å². The van der Waals surface area contributed by atoms with Gasteiger partial charge < -0.3 is 19.4 Å². The van der Waals surface area contributed by atoms with Crippen LogP contribution in [-0.4, -0.2) is 54.2 Å². The summed E-state index contributed by atoms with van der Waals surface area (Å²) in [5.74, 6) is 0.160. The Balaban J connectivity index is 1.54. The molecule has 3 rings (SSSR count). The number of hydrogen-bond acceptors (Lipinski definition) is 5. The Bertz CT molecular complexity index is 861. The highest BCUT2D eigenvalue weighted by Crippen LogP contribution is 2.23. The van der Waals surface area contributed by atoms with Crippen LogP contribution in [0.1, 0.15) is 22.7 Å². The van der Waals surface area contributed by atoms with Gasteiger partial charge in [0.25, 0.3) is 0 Å². The normalized spacial score (nSPS) is 15.2. The van der Waals surface area contributed by atoms with Gasteiger partial charge in [0.05, 0.1) is 19.3 Å². The van der Waals surface area contributed by atoms with E-state index in [-0.39, 0.29) is 11.6 Å². The summed E-state index contributed by atoms with van der Waals surface area (Å²) in [5.41, 5.74) is 0.735. The van der Waals surface area contributed by atoms with Crippen LogP contribution >= 0.6 is 28.1 Å². The second-order valence-corrected chi connectivity index (χ2v) is 7.67. The molecule has 0 atom stereocenters. The molecule has 0 spiro atoms. The fourth-order valence-corrected chi connectivity index (χ4v) is 3.75. The topological polar surface area (TPSA) is 58.0 Å².